The maximum absolute atomic E-state index is 12.0. The fourth-order valence-electron chi connectivity index (χ4n) is 1.70. The molecular weight excluding hydrogens is 294 g/mol. The third kappa shape index (κ3) is 3.20. The lowest BCUT2D eigenvalue weighted by atomic mass is 10.1. The first-order chi connectivity index (χ1) is 8.54. The van der Waals surface area contributed by atoms with Gasteiger partial charge < -0.3 is 5.32 Å². The van der Waals surface area contributed by atoms with E-state index in [2.05, 4.69) is 26.3 Å². The van der Waals surface area contributed by atoms with Gasteiger partial charge in [0.25, 0.3) is 5.91 Å². The van der Waals surface area contributed by atoms with E-state index >= 15 is 0 Å². The number of hydrogen-bond donors (Lipinski definition) is 1. The second kappa shape index (κ2) is 5.35. The van der Waals surface area contributed by atoms with Crippen LogP contribution in [0.1, 0.15) is 21.6 Å². The van der Waals surface area contributed by atoms with Crippen LogP contribution < -0.4 is 5.32 Å². The van der Waals surface area contributed by atoms with E-state index in [9.17, 15) is 4.79 Å². The van der Waals surface area contributed by atoms with Crippen LogP contribution in [0.25, 0.3) is 0 Å². The van der Waals surface area contributed by atoms with Gasteiger partial charge in [0.15, 0.2) is 0 Å². The summed E-state index contributed by atoms with van der Waals surface area (Å²) in [5.74, 6) is -0.0925. The number of amides is 1. The number of benzene rings is 1. The zero-order valence-corrected chi connectivity index (χ0v) is 11.9. The topological polar surface area (TPSA) is 46.9 Å². The zero-order chi connectivity index (χ0) is 13.1. The van der Waals surface area contributed by atoms with Crippen molar-refractivity contribution in [3.05, 3.63) is 51.8 Å². The van der Waals surface area contributed by atoms with E-state index in [1.807, 2.05) is 38.4 Å². The van der Waals surface area contributed by atoms with E-state index in [0.717, 1.165) is 15.7 Å². The molecule has 94 valence electrons. The molecule has 0 spiro atoms. The highest BCUT2D eigenvalue weighted by atomic mass is 79.9. The Labute approximate surface area is 114 Å². The van der Waals surface area contributed by atoms with Gasteiger partial charge in [-0.05, 0) is 36.8 Å². The van der Waals surface area contributed by atoms with Crippen molar-refractivity contribution in [2.75, 3.05) is 0 Å². The van der Waals surface area contributed by atoms with E-state index in [4.69, 9.17) is 0 Å². The molecule has 0 aliphatic carbocycles. The molecule has 0 aliphatic heterocycles. The summed E-state index contributed by atoms with van der Waals surface area (Å²) in [6, 6.07) is 7.52. The lowest BCUT2D eigenvalue weighted by Gasteiger charge is -2.05. The van der Waals surface area contributed by atoms with Crippen LogP contribution in [0.4, 0.5) is 0 Å². The van der Waals surface area contributed by atoms with E-state index < -0.39 is 0 Å². The standard InChI is InChI=1S/C13H14BrN3O/c1-9-5-10(7-11(14)6-9)13(18)15-8-12-3-4-17(2)16-12/h3-7H,8H2,1-2H3,(H,15,18). The molecule has 1 aromatic carbocycles. The first-order valence-electron chi connectivity index (χ1n) is 5.58. The average molecular weight is 308 g/mol. The Morgan fingerprint density at radius 2 is 2.22 bits per heavy atom. The molecule has 1 N–H and O–H groups in total. The molecular formula is C13H14BrN3O. The maximum atomic E-state index is 12.0. The van der Waals surface area contributed by atoms with Gasteiger partial charge in [0.2, 0.25) is 0 Å². The van der Waals surface area contributed by atoms with Crippen molar-refractivity contribution in [3.8, 4) is 0 Å². The summed E-state index contributed by atoms with van der Waals surface area (Å²) in [4.78, 5) is 12.0. The van der Waals surface area contributed by atoms with Gasteiger partial charge in [-0.15, -0.1) is 0 Å². The largest absolute Gasteiger partial charge is 0.346 e. The first-order valence-corrected chi connectivity index (χ1v) is 6.38. The molecule has 0 unspecified atom stereocenters. The molecule has 5 heteroatoms. The fraction of sp³-hybridized carbons (Fsp3) is 0.231. The van der Waals surface area contributed by atoms with Crippen molar-refractivity contribution >= 4 is 21.8 Å². The Kier molecular flexibility index (Phi) is 3.81. The Morgan fingerprint density at radius 3 is 2.83 bits per heavy atom. The van der Waals surface area contributed by atoms with E-state index in [-0.39, 0.29) is 5.91 Å². The highest BCUT2D eigenvalue weighted by Crippen LogP contribution is 2.15. The number of hydrogen-bond acceptors (Lipinski definition) is 2. The smallest absolute Gasteiger partial charge is 0.251 e. The van der Waals surface area contributed by atoms with Gasteiger partial charge in [0.05, 0.1) is 12.2 Å². The molecule has 0 bridgehead atoms. The number of carbonyl (C=O) groups excluding carboxylic acids is 1. The van der Waals surface area contributed by atoms with Crippen molar-refractivity contribution in [1.82, 2.24) is 15.1 Å². The van der Waals surface area contributed by atoms with Crippen LogP contribution in [0.3, 0.4) is 0 Å². The highest BCUT2D eigenvalue weighted by Gasteiger charge is 2.07. The van der Waals surface area contributed by atoms with Crippen LogP contribution >= 0.6 is 15.9 Å². The zero-order valence-electron chi connectivity index (χ0n) is 10.3. The molecule has 1 aromatic heterocycles. The summed E-state index contributed by atoms with van der Waals surface area (Å²) in [6.45, 7) is 2.39. The van der Waals surface area contributed by atoms with Crippen molar-refractivity contribution < 1.29 is 4.79 Å². The Hall–Kier alpha value is -1.62. The van der Waals surface area contributed by atoms with E-state index in [1.165, 1.54) is 0 Å². The van der Waals surface area contributed by atoms with Gasteiger partial charge in [-0.25, -0.2) is 0 Å². The summed E-state index contributed by atoms with van der Waals surface area (Å²) in [7, 11) is 1.85. The summed E-state index contributed by atoms with van der Waals surface area (Å²) < 4.78 is 2.62. The van der Waals surface area contributed by atoms with Gasteiger partial charge in [-0.2, -0.15) is 5.10 Å². The van der Waals surface area contributed by atoms with E-state index in [0.29, 0.717) is 12.1 Å². The Morgan fingerprint density at radius 1 is 1.44 bits per heavy atom. The third-order valence-electron chi connectivity index (χ3n) is 2.50. The second-order valence-electron chi connectivity index (χ2n) is 4.18. The molecule has 0 saturated carbocycles. The minimum Gasteiger partial charge on any atom is -0.346 e. The summed E-state index contributed by atoms with van der Waals surface area (Å²) >= 11 is 3.38. The Balaban J connectivity index is 2.03. The SMILES string of the molecule is Cc1cc(Br)cc(C(=O)NCc2ccn(C)n2)c1. The quantitative estimate of drug-likeness (QED) is 0.946. The maximum Gasteiger partial charge on any atom is 0.251 e. The molecule has 0 fully saturated rings. The molecule has 2 aromatic rings. The molecule has 0 radical (unpaired) electrons. The highest BCUT2D eigenvalue weighted by molar-refractivity contribution is 9.10. The predicted molar refractivity (Wildman–Crippen MR) is 73.3 cm³/mol. The number of nitrogens with one attached hydrogen (secondary N) is 1. The number of aryl methyl sites for hydroxylation is 2. The van der Waals surface area contributed by atoms with Crippen LogP contribution in [-0.4, -0.2) is 15.7 Å². The van der Waals surface area contributed by atoms with Crippen molar-refractivity contribution in [1.29, 1.82) is 0 Å². The van der Waals surface area contributed by atoms with Crippen molar-refractivity contribution in [3.63, 3.8) is 0 Å². The van der Waals surface area contributed by atoms with Gasteiger partial charge in [0, 0.05) is 23.3 Å². The van der Waals surface area contributed by atoms with Crippen LogP contribution in [0, 0.1) is 6.92 Å². The summed E-state index contributed by atoms with van der Waals surface area (Å²) in [5, 5.41) is 7.05. The van der Waals surface area contributed by atoms with Gasteiger partial charge in [-0.1, -0.05) is 15.9 Å². The number of rotatable bonds is 3. The van der Waals surface area contributed by atoms with Crippen molar-refractivity contribution in [2.45, 2.75) is 13.5 Å². The van der Waals surface area contributed by atoms with Crippen LogP contribution in [0.2, 0.25) is 0 Å². The third-order valence-corrected chi connectivity index (χ3v) is 2.96. The lowest BCUT2D eigenvalue weighted by Crippen LogP contribution is -2.23. The summed E-state index contributed by atoms with van der Waals surface area (Å²) in [5.41, 5.74) is 2.54. The number of nitrogens with zero attached hydrogens (tertiary/aromatic N) is 2. The van der Waals surface area contributed by atoms with Gasteiger partial charge >= 0.3 is 0 Å². The predicted octanol–water partition coefficient (Wildman–Crippen LogP) is 2.42. The van der Waals surface area contributed by atoms with Crippen LogP contribution in [0.5, 0.6) is 0 Å². The van der Waals surface area contributed by atoms with Crippen molar-refractivity contribution in [2.24, 2.45) is 7.05 Å². The van der Waals surface area contributed by atoms with Crippen LogP contribution in [0.15, 0.2) is 34.9 Å². The molecule has 0 saturated heterocycles. The monoisotopic (exact) mass is 307 g/mol. The number of aromatic nitrogens is 2. The molecule has 18 heavy (non-hydrogen) atoms. The number of carbonyl (C=O) groups is 1. The molecule has 0 atom stereocenters. The molecule has 4 nitrogen and oxygen atoms in total. The first kappa shape index (κ1) is 12.8. The van der Waals surface area contributed by atoms with Gasteiger partial charge in [0.1, 0.15) is 0 Å². The second-order valence-corrected chi connectivity index (χ2v) is 5.10. The van der Waals surface area contributed by atoms with Gasteiger partial charge in [-0.3, -0.25) is 9.48 Å². The minimum atomic E-state index is -0.0925. The summed E-state index contributed by atoms with van der Waals surface area (Å²) in [6.07, 6.45) is 1.85. The lowest BCUT2D eigenvalue weighted by molar-refractivity contribution is 0.0950. The number of halogens is 1. The molecule has 2 rings (SSSR count). The fourth-order valence-corrected chi connectivity index (χ4v) is 2.31. The molecule has 0 aliphatic rings. The van der Waals surface area contributed by atoms with Crippen LogP contribution in [-0.2, 0) is 13.6 Å². The average Bonchev–Trinajstić information content (AvgIpc) is 2.70. The molecule has 1 heterocycles. The van der Waals surface area contributed by atoms with E-state index in [1.54, 1.807) is 10.7 Å². The molecule has 1 amide bonds. The normalized spacial score (nSPS) is 10.4. The Bertz CT molecular complexity index is 557. The minimum absolute atomic E-state index is 0.0925.